The number of rotatable bonds is 6. The molecule has 1 aliphatic rings. The number of ketones is 1. The topological polar surface area (TPSA) is 47.6 Å². The largest absolute Gasteiger partial charge is 0.497 e. The summed E-state index contributed by atoms with van der Waals surface area (Å²) < 4.78 is 10.5. The Kier molecular flexibility index (Phi) is 4.10. The van der Waals surface area contributed by atoms with E-state index in [2.05, 4.69) is 5.32 Å². The molecule has 1 aromatic rings. The van der Waals surface area contributed by atoms with Gasteiger partial charge in [0.15, 0.2) is 5.78 Å². The van der Waals surface area contributed by atoms with Crippen LogP contribution in [0.1, 0.15) is 35.7 Å². The molecule has 1 saturated carbocycles. The lowest BCUT2D eigenvalue weighted by atomic mass is 9.98. The van der Waals surface area contributed by atoms with Crippen molar-refractivity contribution in [2.24, 2.45) is 0 Å². The van der Waals surface area contributed by atoms with Crippen LogP contribution in [0.4, 0.5) is 0 Å². The molecule has 0 aliphatic heterocycles. The summed E-state index contributed by atoms with van der Waals surface area (Å²) in [5.74, 6) is 1.35. The second-order valence-corrected chi connectivity index (χ2v) is 5.05. The van der Waals surface area contributed by atoms with E-state index in [-0.39, 0.29) is 11.8 Å². The first-order chi connectivity index (χ1) is 9.06. The van der Waals surface area contributed by atoms with Crippen LogP contribution in [0.2, 0.25) is 0 Å². The summed E-state index contributed by atoms with van der Waals surface area (Å²) in [6.07, 6.45) is 2.33. The van der Waals surface area contributed by atoms with Gasteiger partial charge in [0.25, 0.3) is 0 Å². The minimum atomic E-state index is -0.187. The van der Waals surface area contributed by atoms with Gasteiger partial charge in [0.2, 0.25) is 0 Å². The van der Waals surface area contributed by atoms with E-state index in [0.29, 0.717) is 23.1 Å². The number of methoxy groups -OCH3 is 2. The molecule has 1 aliphatic carbocycles. The number of hydrogen-bond acceptors (Lipinski definition) is 4. The van der Waals surface area contributed by atoms with E-state index >= 15 is 0 Å². The molecule has 19 heavy (non-hydrogen) atoms. The van der Waals surface area contributed by atoms with Crippen LogP contribution < -0.4 is 14.8 Å². The molecule has 0 radical (unpaired) electrons. The summed E-state index contributed by atoms with van der Waals surface area (Å²) in [4.78, 5) is 12.5. The van der Waals surface area contributed by atoms with Crippen LogP contribution >= 0.6 is 0 Å². The van der Waals surface area contributed by atoms with Gasteiger partial charge in [-0.1, -0.05) is 0 Å². The molecule has 104 valence electrons. The maximum Gasteiger partial charge on any atom is 0.183 e. The van der Waals surface area contributed by atoms with E-state index in [1.165, 1.54) is 0 Å². The van der Waals surface area contributed by atoms with Gasteiger partial charge < -0.3 is 14.8 Å². The maximum absolute atomic E-state index is 12.5. The number of benzene rings is 1. The molecule has 0 spiro atoms. The van der Waals surface area contributed by atoms with E-state index in [4.69, 9.17) is 9.47 Å². The van der Waals surface area contributed by atoms with Gasteiger partial charge in [-0.05, 0) is 38.3 Å². The molecule has 1 fully saturated rings. The number of carbonyl (C=O) groups is 1. The Balaban J connectivity index is 2.28. The van der Waals surface area contributed by atoms with E-state index in [0.717, 1.165) is 18.4 Å². The maximum atomic E-state index is 12.5. The van der Waals surface area contributed by atoms with Gasteiger partial charge in [-0.15, -0.1) is 0 Å². The molecule has 4 heteroatoms. The average molecular weight is 263 g/mol. The van der Waals surface area contributed by atoms with Crippen LogP contribution in [0.5, 0.6) is 11.5 Å². The van der Waals surface area contributed by atoms with Crippen molar-refractivity contribution in [3.8, 4) is 11.5 Å². The van der Waals surface area contributed by atoms with Crippen molar-refractivity contribution in [2.45, 2.75) is 38.8 Å². The van der Waals surface area contributed by atoms with Gasteiger partial charge in [0.05, 0.1) is 25.8 Å². The fourth-order valence-electron chi connectivity index (χ4n) is 2.21. The zero-order chi connectivity index (χ0) is 14.0. The van der Waals surface area contributed by atoms with Crippen LogP contribution in [-0.4, -0.2) is 32.1 Å². The number of aryl methyl sites for hydroxylation is 1. The molecule has 1 unspecified atom stereocenters. The van der Waals surface area contributed by atoms with Gasteiger partial charge in [0, 0.05) is 12.1 Å². The number of ether oxygens (including phenoxy) is 2. The molecular formula is C15H21NO3. The highest BCUT2D eigenvalue weighted by molar-refractivity contribution is 6.03. The van der Waals surface area contributed by atoms with E-state index in [9.17, 15) is 4.79 Å². The Morgan fingerprint density at radius 2 is 2.00 bits per heavy atom. The second kappa shape index (κ2) is 5.61. The van der Waals surface area contributed by atoms with Crippen LogP contribution in [0, 0.1) is 6.92 Å². The first kappa shape index (κ1) is 13.9. The number of hydrogen-bond donors (Lipinski definition) is 1. The molecule has 0 heterocycles. The lowest BCUT2D eigenvalue weighted by Gasteiger charge is -2.17. The predicted octanol–water partition coefficient (Wildman–Crippen LogP) is 2.34. The highest BCUT2D eigenvalue weighted by Crippen LogP contribution is 2.30. The third-order valence-corrected chi connectivity index (χ3v) is 3.43. The Bertz CT molecular complexity index is 481. The van der Waals surface area contributed by atoms with Crippen LogP contribution in [0.15, 0.2) is 12.1 Å². The number of nitrogens with one attached hydrogen (secondary N) is 1. The SMILES string of the molecule is COc1cc(C)c(C(=O)C(C)NC2CC2)c(OC)c1. The number of Topliss-reactive ketones (excluding diaryl/α,β-unsaturated/α-hetero) is 1. The summed E-state index contributed by atoms with van der Waals surface area (Å²) in [6.45, 7) is 3.81. The first-order valence-electron chi connectivity index (χ1n) is 6.59. The quantitative estimate of drug-likeness (QED) is 0.800. The summed E-state index contributed by atoms with van der Waals surface area (Å²) in [5.41, 5.74) is 1.52. The third kappa shape index (κ3) is 3.07. The zero-order valence-corrected chi connectivity index (χ0v) is 11.9. The van der Waals surface area contributed by atoms with Crippen molar-refractivity contribution in [1.82, 2.24) is 5.32 Å². The van der Waals surface area contributed by atoms with Gasteiger partial charge in [0.1, 0.15) is 11.5 Å². The lowest BCUT2D eigenvalue weighted by molar-refractivity contribution is 0.0946. The average Bonchev–Trinajstić information content (AvgIpc) is 3.20. The van der Waals surface area contributed by atoms with E-state index < -0.39 is 0 Å². The monoisotopic (exact) mass is 263 g/mol. The van der Waals surface area contributed by atoms with Crippen LogP contribution in [0.3, 0.4) is 0 Å². The molecule has 2 rings (SSSR count). The van der Waals surface area contributed by atoms with Gasteiger partial charge in [-0.2, -0.15) is 0 Å². The van der Waals surface area contributed by atoms with Crippen LogP contribution in [-0.2, 0) is 0 Å². The zero-order valence-electron chi connectivity index (χ0n) is 11.9. The summed E-state index contributed by atoms with van der Waals surface area (Å²) >= 11 is 0. The fraction of sp³-hybridized carbons (Fsp3) is 0.533. The summed E-state index contributed by atoms with van der Waals surface area (Å²) in [7, 11) is 3.18. The van der Waals surface area contributed by atoms with Crippen molar-refractivity contribution >= 4 is 5.78 Å². The van der Waals surface area contributed by atoms with Gasteiger partial charge >= 0.3 is 0 Å². The summed E-state index contributed by atoms with van der Waals surface area (Å²) in [5, 5.41) is 3.32. The highest BCUT2D eigenvalue weighted by atomic mass is 16.5. The molecular weight excluding hydrogens is 242 g/mol. The second-order valence-electron chi connectivity index (χ2n) is 5.05. The lowest BCUT2D eigenvalue weighted by Crippen LogP contribution is -2.36. The van der Waals surface area contributed by atoms with Crippen LogP contribution in [0.25, 0.3) is 0 Å². The highest BCUT2D eigenvalue weighted by Gasteiger charge is 2.28. The smallest absolute Gasteiger partial charge is 0.183 e. The Hall–Kier alpha value is -1.55. The standard InChI is InChI=1S/C15H21NO3/c1-9-7-12(18-3)8-13(19-4)14(9)15(17)10(2)16-11-5-6-11/h7-8,10-11,16H,5-6H2,1-4H3. The molecule has 1 aromatic carbocycles. The first-order valence-corrected chi connectivity index (χ1v) is 6.59. The van der Waals surface area contributed by atoms with Crippen molar-refractivity contribution in [2.75, 3.05) is 14.2 Å². The minimum Gasteiger partial charge on any atom is -0.497 e. The van der Waals surface area contributed by atoms with E-state index in [1.54, 1.807) is 20.3 Å². The van der Waals surface area contributed by atoms with Crippen molar-refractivity contribution < 1.29 is 14.3 Å². The summed E-state index contributed by atoms with van der Waals surface area (Å²) in [6, 6.07) is 3.93. The molecule has 0 aromatic heterocycles. The molecule has 0 saturated heterocycles. The molecule has 1 atom stereocenters. The van der Waals surface area contributed by atoms with E-state index in [1.807, 2.05) is 19.9 Å². The Morgan fingerprint density at radius 3 is 2.53 bits per heavy atom. The fourth-order valence-corrected chi connectivity index (χ4v) is 2.21. The molecule has 1 N–H and O–H groups in total. The molecule has 4 nitrogen and oxygen atoms in total. The molecule has 0 bridgehead atoms. The number of carbonyl (C=O) groups excluding carboxylic acids is 1. The molecule has 0 amide bonds. The minimum absolute atomic E-state index is 0.0731. The van der Waals surface area contributed by atoms with Gasteiger partial charge in [-0.3, -0.25) is 4.79 Å². The predicted molar refractivity (Wildman–Crippen MR) is 74.2 cm³/mol. The van der Waals surface area contributed by atoms with Crippen molar-refractivity contribution in [3.05, 3.63) is 23.3 Å². The van der Waals surface area contributed by atoms with Crippen molar-refractivity contribution in [3.63, 3.8) is 0 Å². The Morgan fingerprint density at radius 1 is 1.32 bits per heavy atom. The third-order valence-electron chi connectivity index (χ3n) is 3.43. The normalized spacial score (nSPS) is 16.0. The Labute approximate surface area is 114 Å². The van der Waals surface area contributed by atoms with Gasteiger partial charge in [-0.25, -0.2) is 0 Å². The van der Waals surface area contributed by atoms with Crippen molar-refractivity contribution in [1.29, 1.82) is 0 Å².